The molecule has 1 aliphatic rings. The number of oxime groups is 1. The number of rotatable bonds is 20. The second kappa shape index (κ2) is 19.3. The lowest BCUT2D eigenvalue weighted by molar-refractivity contribution is -0.146. The third-order valence-electron chi connectivity index (χ3n) is 9.88. The van der Waals surface area contributed by atoms with Gasteiger partial charge in [-0.15, -0.1) is 0 Å². The van der Waals surface area contributed by atoms with Crippen molar-refractivity contribution < 1.29 is 38.3 Å². The van der Waals surface area contributed by atoms with Crippen molar-refractivity contribution in [3.63, 3.8) is 0 Å². The van der Waals surface area contributed by atoms with Crippen LogP contribution in [0.3, 0.4) is 0 Å². The zero-order valence-electron chi connectivity index (χ0n) is 32.1. The molecule has 10 nitrogen and oxygen atoms in total. The molecule has 0 radical (unpaired) electrons. The summed E-state index contributed by atoms with van der Waals surface area (Å²) >= 11 is 0. The summed E-state index contributed by atoms with van der Waals surface area (Å²) in [6, 6.07) is 12.1. The number of fused-ring (bicyclic) bond motifs is 3. The fourth-order valence-electron chi connectivity index (χ4n) is 6.83. The summed E-state index contributed by atoms with van der Waals surface area (Å²) in [6.45, 7) is 12.4. The fourth-order valence-corrected chi connectivity index (χ4v) is 6.83. The van der Waals surface area contributed by atoms with Crippen molar-refractivity contribution in [2.24, 2.45) is 16.5 Å². The number of carbonyl (C=O) groups is 5. The Morgan fingerprint density at radius 2 is 1.57 bits per heavy atom. The van der Waals surface area contributed by atoms with Crippen LogP contribution < -0.4 is 4.74 Å². The van der Waals surface area contributed by atoms with Gasteiger partial charge < -0.3 is 18.9 Å². The molecule has 0 aliphatic heterocycles. The number of Topliss-reactive ketones (excluding diaryl/α,β-unsaturated/α-hetero) is 1. The third-order valence-corrected chi connectivity index (χ3v) is 9.88. The Hall–Kier alpha value is -4.86. The van der Waals surface area contributed by atoms with Gasteiger partial charge in [0.25, 0.3) is 0 Å². The van der Waals surface area contributed by atoms with Gasteiger partial charge in [0, 0.05) is 41.2 Å². The first-order chi connectivity index (χ1) is 25.4. The summed E-state index contributed by atoms with van der Waals surface area (Å²) in [5, 5.41) is 4.93. The van der Waals surface area contributed by atoms with Crippen molar-refractivity contribution in [3.05, 3.63) is 70.9 Å². The number of carbonyl (C=O) groups excluding carboxylic acids is 5. The SMILES string of the molecule is CCCCC/C(=N\OC(C)=O)C(=O)C1(C)C=Cc2c(c3cc(C(=O)c4ccc(OC(=O)CCC(=O)OCC)cc4)ccc3n2CC(CC)CCCC)C1. The molecule has 53 heavy (non-hydrogen) atoms. The highest BCUT2D eigenvalue weighted by atomic mass is 16.7. The Labute approximate surface area is 312 Å². The van der Waals surface area contributed by atoms with Crippen LogP contribution in [0.1, 0.15) is 133 Å². The lowest BCUT2D eigenvalue weighted by Gasteiger charge is -2.29. The van der Waals surface area contributed by atoms with E-state index in [0.29, 0.717) is 29.9 Å². The second-order valence-electron chi connectivity index (χ2n) is 14.1. The van der Waals surface area contributed by atoms with Crippen LogP contribution in [0.15, 0.2) is 53.7 Å². The molecule has 0 spiro atoms. The summed E-state index contributed by atoms with van der Waals surface area (Å²) < 4.78 is 12.6. The van der Waals surface area contributed by atoms with Gasteiger partial charge in [0.2, 0.25) is 0 Å². The number of ketones is 2. The Morgan fingerprint density at radius 3 is 2.23 bits per heavy atom. The van der Waals surface area contributed by atoms with Gasteiger partial charge in [-0.2, -0.15) is 0 Å². The van der Waals surface area contributed by atoms with E-state index >= 15 is 0 Å². The molecule has 2 atom stereocenters. The monoisotopic (exact) mass is 726 g/mol. The van der Waals surface area contributed by atoms with Gasteiger partial charge in [-0.05, 0) is 99.6 Å². The molecule has 3 aromatic rings. The van der Waals surface area contributed by atoms with Crippen molar-refractivity contribution >= 4 is 52.2 Å². The lowest BCUT2D eigenvalue weighted by atomic mass is 9.73. The number of ether oxygens (including phenoxy) is 2. The molecule has 1 aliphatic carbocycles. The minimum atomic E-state index is -0.937. The summed E-state index contributed by atoms with van der Waals surface area (Å²) in [4.78, 5) is 68.5. The summed E-state index contributed by atoms with van der Waals surface area (Å²) in [5.41, 5.74) is 3.26. The van der Waals surface area contributed by atoms with E-state index in [9.17, 15) is 24.0 Å². The molecule has 1 heterocycles. The first kappa shape index (κ1) is 40.9. The van der Waals surface area contributed by atoms with Gasteiger partial charge in [-0.3, -0.25) is 19.2 Å². The molecule has 1 aromatic heterocycles. The molecule has 0 fully saturated rings. The molecule has 0 N–H and O–H groups in total. The van der Waals surface area contributed by atoms with Gasteiger partial charge in [0.1, 0.15) is 11.5 Å². The van der Waals surface area contributed by atoms with Crippen LogP contribution in [0.2, 0.25) is 0 Å². The predicted molar refractivity (Wildman–Crippen MR) is 206 cm³/mol. The second-order valence-corrected chi connectivity index (χ2v) is 14.1. The maximum absolute atomic E-state index is 14.2. The molecule has 284 valence electrons. The van der Waals surface area contributed by atoms with Crippen LogP contribution in [0.5, 0.6) is 5.75 Å². The van der Waals surface area contributed by atoms with E-state index in [1.54, 1.807) is 31.2 Å². The zero-order chi connectivity index (χ0) is 38.5. The number of allylic oxidation sites excluding steroid dienone is 1. The molecular weight excluding hydrogens is 672 g/mol. The van der Waals surface area contributed by atoms with Crippen molar-refractivity contribution in [2.75, 3.05) is 6.61 Å². The molecule has 4 rings (SSSR count). The first-order valence-electron chi connectivity index (χ1n) is 19.1. The van der Waals surface area contributed by atoms with Gasteiger partial charge >= 0.3 is 17.9 Å². The van der Waals surface area contributed by atoms with E-state index in [4.69, 9.17) is 14.3 Å². The molecule has 2 unspecified atom stereocenters. The van der Waals surface area contributed by atoms with Crippen LogP contribution in [0.4, 0.5) is 0 Å². The lowest BCUT2D eigenvalue weighted by Crippen LogP contribution is -2.36. The van der Waals surface area contributed by atoms with E-state index in [1.807, 2.05) is 37.3 Å². The number of benzene rings is 2. The normalized spacial score (nSPS) is 15.8. The maximum Gasteiger partial charge on any atom is 0.331 e. The number of aromatic nitrogens is 1. The molecule has 0 amide bonds. The summed E-state index contributed by atoms with van der Waals surface area (Å²) in [5.74, 6) is -1.24. The minimum absolute atomic E-state index is 0.0694. The van der Waals surface area contributed by atoms with Crippen molar-refractivity contribution in [1.82, 2.24) is 4.57 Å². The minimum Gasteiger partial charge on any atom is -0.466 e. The molecule has 10 heteroatoms. The largest absolute Gasteiger partial charge is 0.466 e. The van der Waals surface area contributed by atoms with E-state index in [-0.39, 0.29) is 42.5 Å². The summed E-state index contributed by atoms with van der Waals surface area (Å²) in [6.07, 6.45) is 11.7. The quantitative estimate of drug-likeness (QED) is 0.0215. The Kier molecular flexibility index (Phi) is 14.9. The van der Waals surface area contributed by atoms with Gasteiger partial charge in [0.05, 0.1) is 24.9 Å². The topological polar surface area (TPSA) is 130 Å². The Morgan fingerprint density at radius 1 is 0.868 bits per heavy atom. The summed E-state index contributed by atoms with van der Waals surface area (Å²) in [7, 11) is 0. The number of unbranched alkanes of at least 4 members (excludes halogenated alkanes) is 3. The molecule has 0 saturated carbocycles. The molecule has 0 bridgehead atoms. The molecule has 2 aromatic carbocycles. The number of hydrogen-bond donors (Lipinski definition) is 0. The van der Waals surface area contributed by atoms with Crippen LogP contribution in [0, 0.1) is 11.3 Å². The van der Waals surface area contributed by atoms with Crippen LogP contribution in [-0.4, -0.2) is 46.4 Å². The van der Waals surface area contributed by atoms with E-state index in [0.717, 1.165) is 73.7 Å². The molecule has 0 saturated heterocycles. The van der Waals surface area contributed by atoms with Crippen molar-refractivity contribution in [1.29, 1.82) is 0 Å². The number of esters is 2. The highest BCUT2D eigenvalue weighted by molar-refractivity contribution is 6.42. The van der Waals surface area contributed by atoms with E-state index in [1.165, 1.54) is 6.92 Å². The first-order valence-corrected chi connectivity index (χ1v) is 19.1. The zero-order valence-corrected chi connectivity index (χ0v) is 32.1. The Bertz CT molecular complexity index is 1850. The van der Waals surface area contributed by atoms with Crippen LogP contribution in [0.25, 0.3) is 17.0 Å². The van der Waals surface area contributed by atoms with Crippen LogP contribution >= 0.6 is 0 Å². The predicted octanol–water partition coefficient (Wildman–Crippen LogP) is 8.98. The van der Waals surface area contributed by atoms with Crippen molar-refractivity contribution in [3.8, 4) is 5.75 Å². The fraction of sp³-hybridized carbons (Fsp3) is 0.488. The van der Waals surface area contributed by atoms with Crippen molar-refractivity contribution in [2.45, 2.75) is 119 Å². The highest BCUT2D eigenvalue weighted by Crippen LogP contribution is 2.41. The average Bonchev–Trinajstić information content (AvgIpc) is 3.44. The highest BCUT2D eigenvalue weighted by Gasteiger charge is 2.39. The number of hydrogen-bond acceptors (Lipinski definition) is 9. The average molecular weight is 727 g/mol. The maximum atomic E-state index is 14.2. The third kappa shape index (κ3) is 10.6. The van der Waals surface area contributed by atoms with Gasteiger partial charge in [-0.1, -0.05) is 64.1 Å². The smallest absolute Gasteiger partial charge is 0.331 e. The number of nitrogens with zero attached hydrogens (tertiary/aromatic N) is 2. The van der Waals surface area contributed by atoms with Crippen LogP contribution in [-0.2, 0) is 41.7 Å². The standard InChI is InChI=1S/C43H54N2O8/c1-7-11-13-15-36(44-53-29(5)46)42(50)43(6)25-24-38-35(27-43)34-26-32(18-21-37(34)45(38)28-30(9-3)14-12-8-2)41(49)31-16-19-33(20-17-31)52-40(48)23-22-39(47)51-10-4/h16-21,24-26,30H,7-15,22-23,27-28H2,1-6H3/b44-36+. The van der Waals surface area contributed by atoms with Gasteiger partial charge in [-0.25, -0.2) is 4.79 Å². The van der Waals surface area contributed by atoms with E-state index in [2.05, 4.69) is 30.5 Å². The molecular formula is C43H54N2O8. The van der Waals surface area contributed by atoms with Gasteiger partial charge in [0.15, 0.2) is 11.6 Å². The van der Waals surface area contributed by atoms with E-state index < -0.39 is 23.3 Å². The Balaban J connectivity index is 1.68.